The number of primary amides is 3. The number of rotatable bonds is 45. The highest BCUT2D eigenvalue weighted by Crippen LogP contribution is 2.15. The van der Waals surface area contributed by atoms with E-state index in [0.717, 1.165) is 5.56 Å². The quantitative estimate of drug-likeness (QED) is 0.0146. The lowest BCUT2D eigenvalue weighted by Crippen LogP contribution is -2.62. The molecule has 34 heteroatoms. The molecule has 3 aromatic carbocycles. The van der Waals surface area contributed by atoms with Gasteiger partial charge in [-0.1, -0.05) is 146 Å². The van der Waals surface area contributed by atoms with Gasteiger partial charge in [0.2, 0.25) is 82.7 Å². The lowest BCUT2D eigenvalue weighted by molar-refractivity contribution is -0.142. The van der Waals surface area contributed by atoms with Crippen molar-refractivity contribution in [3.8, 4) is 0 Å². The second kappa shape index (κ2) is 43.6. The molecule has 3 aromatic rings. The first-order valence-corrected chi connectivity index (χ1v) is 33.8. The minimum atomic E-state index is -1.92. The van der Waals surface area contributed by atoms with Gasteiger partial charge >= 0.3 is 5.97 Å². The number of carbonyl (C=O) groups excluding carboxylic acids is 14. The lowest BCUT2D eigenvalue weighted by Gasteiger charge is -2.29. The molecule has 14 amide bonds. The maximum absolute atomic E-state index is 14.6. The molecule has 0 aliphatic carbocycles. The highest BCUT2D eigenvalue weighted by Gasteiger charge is 2.38. The molecule has 0 aromatic heterocycles. The molecule has 34 nitrogen and oxygen atoms in total. The number of benzene rings is 3. The van der Waals surface area contributed by atoms with E-state index in [1.807, 2.05) is 0 Å². The molecule has 0 fully saturated rings. The van der Waals surface area contributed by atoms with Gasteiger partial charge in [0.15, 0.2) is 5.96 Å². The molecular formula is C69H102N18O16. The smallest absolute Gasteiger partial charge is 0.326 e. The third kappa shape index (κ3) is 32.0. The molecule has 0 aliphatic rings. The number of guanidine groups is 1. The van der Waals surface area contributed by atoms with Gasteiger partial charge in [-0.05, 0) is 72.5 Å². The van der Waals surface area contributed by atoms with Gasteiger partial charge in [-0.15, -0.1) is 0 Å². The van der Waals surface area contributed by atoms with E-state index in [1.54, 1.807) is 133 Å². The molecule has 3 rings (SSSR count). The van der Waals surface area contributed by atoms with Crippen molar-refractivity contribution in [2.75, 3.05) is 13.1 Å². The number of nitrogens with zero attached hydrogens (tertiary/aromatic N) is 1. The summed E-state index contributed by atoms with van der Waals surface area (Å²) in [7, 11) is 0. The number of aliphatic carboxylic acids is 1. The number of hydrogen-bond acceptors (Lipinski definition) is 17. The molecule has 564 valence electrons. The minimum absolute atomic E-state index is 0.0445. The van der Waals surface area contributed by atoms with Crippen LogP contribution in [0.2, 0.25) is 0 Å². The van der Waals surface area contributed by atoms with Gasteiger partial charge in [-0.25, -0.2) is 4.79 Å². The topological polar surface area (TPSA) is 577 Å². The normalized spacial score (nSPS) is 14.3. The zero-order chi connectivity index (χ0) is 77.2. The Labute approximate surface area is 597 Å². The third-order valence-electron chi connectivity index (χ3n) is 15.9. The Morgan fingerprint density at radius 2 is 0.748 bits per heavy atom. The predicted molar refractivity (Wildman–Crippen MR) is 378 cm³/mol. The molecule has 0 heterocycles. The zero-order valence-electron chi connectivity index (χ0n) is 59.3. The van der Waals surface area contributed by atoms with Gasteiger partial charge in [0, 0.05) is 25.8 Å². The summed E-state index contributed by atoms with van der Waals surface area (Å²) in [5.41, 5.74) is 35.6. The van der Waals surface area contributed by atoms with Crippen molar-refractivity contribution < 1.29 is 77.0 Å². The average Bonchev–Trinajstić information content (AvgIpc) is 0.850. The van der Waals surface area contributed by atoms with Gasteiger partial charge in [-0.3, -0.25) is 72.1 Å². The Bertz CT molecular complexity index is 3430. The Balaban J connectivity index is 1.86. The number of aliphatic imine (C=N–C) groups is 1. The van der Waals surface area contributed by atoms with E-state index in [4.69, 9.17) is 34.4 Å². The minimum Gasteiger partial charge on any atom is -0.480 e. The molecule has 0 unspecified atom stereocenters. The molecule has 11 atom stereocenters. The van der Waals surface area contributed by atoms with Crippen LogP contribution >= 0.6 is 0 Å². The summed E-state index contributed by atoms with van der Waals surface area (Å²) < 4.78 is 0. The van der Waals surface area contributed by atoms with Crippen molar-refractivity contribution in [1.29, 1.82) is 0 Å². The van der Waals surface area contributed by atoms with Crippen LogP contribution in [0.1, 0.15) is 117 Å². The fraction of sp³-hybridized carbons (Fsp3) is 0.507. The Morgan fingerprint density at radius 3 is 1.17 bits per heavy atom. The van der Waals surface area contributed by atoms with Crippen molar-refractivity contribution in [3.05, 3.63) is 108 Å². The molecule has 0 radical (unpaired) electrons. The summed E-state index contributed by atoms with van der Waals surface area (Å²) in [6.45, 7) is 12.0. The number of nitrogens with one attached hydrogen (secondary N) is 11. The van der Waals surface area contributed by atoms with E-state index in [2.05, 4.69) is 63.5 Å². The van der Waals surface area contributed by atoms with Crippen LogP contribution in [0.3, 0.4) is 0 Å². The van der Waals surface area contributed by atoms with Gasteiger partial charge in [0.25, 0.3) is 0 Å². The standard InChI is InChI=1S/C69H102N18O16/c1-36(2)29-46(83-65(99)55(37(3)4)85-54(91)35-77-59(93)45(26-27-51(71)88)78-58(92)43(70)30-40-19-12-9-13-20-40)61(95)81-48(33-52(72)89)62(96)82-49(34-53(73)90)64(98)87-56(38(5)6)66(100)79-44(25-18-28-76-69(74)75)60(94)80-47(31-41-21-14-10-15-22-41)63(97)86-57(39(7)8)67(101)84-50(68(102)103)32-42-23-16-11-17-24-42/h9-17,19-24,36-39,43-50,55-57H,18,25-35,70H2,1-8H3,(H2,71,88)(H2,72,89)(H2,73,90)(H,77,93)(H,78,92)(H,79,100)(H,80,94)(H,81,95)(H,82,96)(H,83,99)(H,84,101)(H,85,91)(H,86,97)(H,87,98)(H,102,103)(H4,74,75,76)/t43-,44-,45-,46-,47-,48-,49-,50-,55-,56-,57-/m0/s1. The van der Waals surface area contributed by atoms with Crippen LogP contribution in [0, 0.1) is 23.7 Å². The number of nitrogens with two attached hydrogens (primary N) is 6. The van der Waals surface area contributed by atoms with Crippen LogP contribution in [0.5, 0.6) is 0 Å². The summed E-state index contributed by atoms with van der Waals surface area (Å²) in [5.74, 6) is -17.7. The molecule has 0 saturated heterocycles. The van der Waals surface area contributed by atoms with Gasteiger partial charge in [0.05, 0.1) is 25.4 Å². The van der Waals surface area contributed by atoms with Crippen molar-refractivity contribution in [2.45, 2.75) is 186 Å². The zero-order valence-corrected chi connectivity index (χ0v) is 59.3. The second-order valence-electron chi connectivity index (χ2n) is 26.3. The van der Waals surface area contributed by atoms with Crippen molar-refractivity contribution in [2.24, 2.45) is 63.1 Å². The second-order valence-corrected chi connectivity index (χ2v) is 26.3. The van der Waals surface area contributed by atoms with Crippen molar-refractivity contribution in [3.63, 3.8) is 0 Å². The van der Waals surface area contributed by atoms with E-state index < -0.39 is 192 Å². The summed E-state index contributed by atoms with van der Waals surface area (Å²) in [6, 6.07) is 9.41. The Kier molecular flexibility index (Phi) is 36.4. The molecular weight excluding hydrogens is 1340 g/mol. The Morgan fingerprint density at radius 1 is 0.388 bits per heavy atom. The van der Waals surface area contributed by atoms with E-state index >= 15 is 0 Å². The van der Waals surface area contributed by atoms with Gasteiger partial charge in [-0.2, -0.15) is 0 Å². The summed E-state index contributed by atoms with van der Waals surface area (Å²) in [6.07, 6.45) is -2.77. The lowest BCUT2D eigenvalue weighted by atomic mass is 9.99. The Hall–Kier alpha value is -11.1. The highest BCUT2D eigenvalue weighted by atomic mass is 16.4. The summed E-state index contributed by atoms with van der Waals surface area (Å²) >= 11 is 0. The van der Waals surface area contributed by atoms with Gasteiger partial charge in [0.1, 0.15) is 60.4 Å². The summed E-state index contributed by atoms with van der Waals surface area (Å²) in [4.78, 5) is 207. The molecule has 24 N–H and O–H groups in total. The number of carboxylic acid groups (broad SMARTS) is 1. The van der Waals surface area contributed by atoms with Crippen LogP contribution in [0.25, 0.3) is 0 Å². The summed E-state index contributed by atoms with van der Waals surface area (Å²) in [5, 5.41) is 37.5. The first kappa shape index (κ1) is 86.2. The first-order chi connectivity index (χ1) is 48.5. The predicted octanol–water partition coefficient (Wildman–Crippen LogP) is -3.83. The van der Waals surface area contributed by atoms with Gasteiger partial charge < -0.3 is 98.0 Å². The largest absolute Gasteiger partial charge is 0.480 e. The van der Waals surface area contributed by atoms with E-state index in [-0.39, 0.29) is 69.8 Å². The maximum atomic E-state index is 14.6. The molecule has 103 heavy (non-hydrogen) atoms. The molecule has 0 bridgehead atoms. The monoisotopic (exact) mass is 1440 g/mol. The van der Waals surface area contributed by atoms with Crippen LogP contribution in [0.15, 0.2) is 96.0 Å². The molecule has 0 spiro atoms. The van der Waals surface area contributed by atoms with Crippen LogP contribution in [0.4, 0.5) is 0 Å². The first-order valence-electron chi connectivity index (χ1n) is 33.8. The van der Waals surface area contributed by atoms with Crippen LogP contribution in [-0.2, 0) is 91.2 Å². The van der Waals surface area contributed by atoms with E-state index in [1.165, 1.54) is 13.8 Å². The molecule has 0 saturated carbocycles. The maximum Gasteiger partial charge on any atom is 0.326 e. The van der Waals surface area contributed by atoms with Crippen LogP contribution in [-0.4, -0.2) is 179 Å². The highest BCUT2D eigenvalue weighted by molar-refractivity contribution is 6.01. The van der Waals surface area contributed by atoms with Crippen LogP contribution < -0.4 is 92.9 Å². The van der Waals surface area contributed by atoms with E-state index in [0.29, 0.717) is 11.1 Å². The van der Waals surface area contributed by atoms with Crippen molar-refractivity contribution >= 4 is 94.6 Å². The average molecular weight is 1440 g/mol. The molecule has 0 aliphatic heterocycles. The fourth-order valence-electron chi connectivity index (χ4n) is 10.4. The SMILES string of the molecule is CC(C)C[C@H](NC(=O)[C@@H](NC(=O)CNC(=O)[C@H](CCC(N)=O)NC(=O)[C@@H](N)Cc1ccccc1)C(C)C)C(=O)N[C@@H](CC(N)=O)C(=O)N[C@@H](CC(N)=O)C(=O)N[C@H](C(=O)N[C@@H](CCCN=C(N)N)C(=O)N[C@@H](Cc1ccccc1)C(=O)N[C@H](C(=O)N[C@@H](Cc1ccccc1)C(=O)O)C(C)C)C(C)C. The van der Waals surface area contributed by atoms with E-state index in [9.17, 15) is 77.0 Å². The fourth-order valence-corrected chi connectivity index (χ4v) is 10.4. The third-order valence-corrected chi connectivity index (χ3v) is 15.9. The number of hydrogen-bond donors (Lipinski definition) is 18. The number of amides is 14. The number of carbonyl (C=O) groups is 15. The van der Waals surface area contributed by atoms with Crippen molar-refractivity contribution in [1.82, 2.24) is 58.5 Å². The number of carboxylic acids is 1.